The Hall–Kier alpha value is -3.79. The van der Waals surface area contributed by atoms with E-state index in [0.29, 0.717) is 11.4 Å². The van der Waals surface area contributed by atoms with Crippen LogP contribution in [0.2, 0.25) is 0 Å². The molecule has 1 aliphatic rings. The maximum Gasteiger partial charge on any atom is 0.573 e. The number of hydrogen-bond donors (Lipinski definition) is 2. The largest absolute Gasteiger partial charge is 0.573 e. The van der Waals surface area contributed by atoms with E-state index in [9.17, 15) is 18.0 Å². The van der Waals surface area contributed by atoms with E-state index in [2.05, 4.69) is 38.2 Å². The van der Waals surface area contributed by atoms with E-state index in [1.807, 2.05) is 12.1 Å². The van der Waals surface area contributed by atoms with Gasteiger partial charge < -0.3 is 20.1 Å². The van der Waals surface area contributed by atoms with Crippen molar-refractivity contribution in [3.63, 3.8) is 0 Å². The molecule has 0 unspecified atom stereocenters. The summed E-state index contributed by atoms with van der Waals surface area (Å²) in [6, 6.07) is 13.5. The monoisotopic (exact) mass is 500 g/mol. The van der Waals surface area contributed by atoms with Crippen LogP contribution >= 0.6 is 0 Å². The molecule has 3 aromatic rings. The highest BCUT2D eigenvalue weighted by atomic mass is 19.4. The predicted octanol–water partition coefficient (Wildman–Crippen LogP) is 6.57. The standard InChI is InChI=1S/C26H27F3N4O3/c1-2-3-15-33-16-13-21-18(17-33)6-4-8-23(21)35-24-22(7-5-14-30-24)32-25(34)31-19-9-11-20(12-10-19)36-26(27,28)29/h4-12,14H,2-3,13,15-17H2,1H3,(H2,31,32,34). The molecule has 2 aromatic carbocycles. The highest BCUT2D eigenvalue weighted by molar-refractivity contribution is 6.00. The van der Waals surface area contributed by atoms with Crippen molar-refractivity contribution in [2.24, 2.45) is 0 Å². The number of fused-ring (bicyclic) bond motifs is 1. The van der Waals surface area contributed by atoms with Crippen LogP contribution in [0, 0.1) is 0 Å². The second-order valence-electron chi connectivity index (χ2n) is 8.38. The number of aromatic nitrogens is 1. The number of benzene rings is 2. The van der Waals surface area contributed by atoms with Crippen LogP contribution in [0.25, 0.3) is 0 Å². The van der Waals surface area contributed by atoms with Crippen molar-refractivity contribution in [2.75, 3.05) is 23.7 Å². The van der Waals surface area contributed by atoms with E-state index in [-0.39, 0.29) is 17.3 Å². The first kappa shape index (κ1) is 25.3. The minimum absolute atomic E-state index is 0.239. The number of alkyl halides is 3. The molecule has 190 valence electrons. The lowest BCUT2D eigenvalue weighted by atomic mass is 9.98. The van der Waals surface area contributed by atoms with Gasteiger partial charge in [-0.25, -0.2) is 9.78 Å². The van der Waals surface area contributed by atoms with Gasteiger partial charge in [0, 0.05) is 30.5 Å². The fourth-order valence-corrected chi connectivity index (χ4v) is 4.00. The SMILES string of the molecule is CCCCN1CCc2c(cccc2Oc2ncccc2NC(=O)Nc2ccc(OC(F)(F)F)cc2)C1. The Morgan fingerprint density at radius 2 is 1.89 bits per heavy atom. The van der Waals surface area contributed by atoms with Crippen LogP contribution in [0.15, 0.2) is 60.8 Å². The van der Waals surface area contributed by atoms with Gasteiger partial charge in [0.05, 0.1) is 0 Å². The molecule has 7 nitrogen and oxygen atoms in total. The third-order valence-corrected chi connectivity index (χ3v) is 5.70. The number of halogens is 3. The van der Waals surface area contributed by atoms with E-state index < -0.39 is 12.4 Å². The van der Waals surface area contributed by atoms with Gasteiger partial charge in [0.25, 0.3) is 0 Å². The number of nitrogens with one attached hydrogen (secondary N) is 2. The predicted molar refractivity (Wildman–Crippen MR) is 130 cm³/mol. The molecule has 10 heteroatoms. The number of hydrogen-bond acceptors (Lipinski definition) is 5. The van der Waals surface area contributed by atoms with Crippen LogP contribution in [0.1, 0.15) is 30.9 Å². The van der Waals surface area contributed by atoms with Gasteiger partial charge >= 0.3 is 12.4 Å². The quantitative estimate of drug-likeness (QED) is 0.366. The van der Waals surface area contributed by atoms with Crippen LogP contribution in [0.4, 0.5) is 29.3 Å². The van der Waals surface area contributed by atoms with E-state index in [1.165, 1.54) is 24.1 Å². The van der Waals surface area contributed by atoms with Crippen molar-refractivity contribution in [2.45, 2.75) is 39.1 Å². The maximum absolute atomic E-state index is 12.5. The summed E-state index contributed by atoms with van der Waals surface area (Å²) in [6.07, 6.45) is -0.0240. The van der Waals surface area contributed by atoms with Gasteiger partial charge in [-0.05, 0) is 67.4 Å². The topological polar surface area (TPSA) is 75.7 Å². The number of carbonyl (C=O) groups is 1. The molecular weight excluding hydrogens is 473 g/mol. The van der Waals surface area contributed by atoms with Crippen LogP contribution in [-0.2, 0) is 13.0 Å². The molecule has 4 rings (SSSR count). The Kier molecular flexibility index (Phi) is 7.94. The van der Waals surface area contributed by atoms with E-state index in [4.69, 9.17) is 4.74 Å². The molecule has 0 aliphatic carbocycles. The zero-order chi connectivity index (χ0) is 25.5. The molecule has 0 bridgehead atoms. The number of amides is 2. The Labute approximate surface area is 207 Å². The minimum atomic E-state index is -4.78. The first-order valence-electron chi connectivity index (χ1n) is 11.7. The summed E-state index contributed by atoms with van der Waals surface area (Å²) in [5, 5.41) is 5.25. The molecule has 2 heterocycles. The Morgan fingerprint density at radius 3 is 2.64 bits per heavy atom. The van der Waals surface area contributed by atoms with Gasteiger partial charge in [-0.3, -0.25) is 4.90 Å². The normalized spacial score (nSPS) is 13.6. The molecule has 0 atom stereocenters. The van der Waals surface area contributed by atoms with Gasteiger partial charge in [0.15, 0.2) is 0 Å². The lowest BCUT2D eigenvalue weighted by molar-refractivity contribution is -0.274. The fraction of sp³-hybridized carbons (Fsp3) is 0.308. The second kappa shape index (κ2) is 11.3. The van der Waals surface area contributed by atoms with E-state index in [0.717, 1.165) is 50.2 Å². The highest BCUT2D eigenvalue weighted by Crippen LogP contribution is 2.34. The molecule has 0 saturated heterocycles. The zero-order valence-corrected chi connectivity index (χ0v) is 19.8. The summed E-state index contributed by atoms with van der Waals surface area (Å²) >= 11 is 0. The average Bonchev–Trinajstić information content (AvgIpc) is 2.84. The van der Waals surface area contributed by atoms with Crippen molar-refractivity contribution in [3.05, 3.63) is 71.9 Å². The molecule has 2 amide bonds. The number of nitrogens with zero attached hydrogens (tertiary/aromatic N) is 2. The van der Waals surface area contributed by atoms with Gasteiger partial charge in [-0.2, -0.15) is 0 Å². The lowest BCUT2D eigenvalue weighted by Gasteiger charge is -2.29. The first-order chi connectivity index (χ1) is 17.3. The van der Waals surface area contributed by atoms with Crippen molar-refractivity contribution < 1.29 is 27.4 Å². The van der Waals surface area contributed by atoms with Crippen molar-refractivity contribution in [1.29, 1.82) is 0 Å². The number of urea groups is 1. The highest BCUT2D eigenvalue weighted by Gasteiger charge is 2.31. The van der Waals surface area contributed by atoms with Crippen LogP contribution in [0.3, 0.4) is 0 Å². The third-order valence-electron chi connectivity index (χ3n) is 5.70. The Bertz CT molecular complexity index is 1190. The number of rotatable bonds is 8. The fourth-order valence-electron chi connectivity index (χ4n) is 4.00. The number of carbonyl (C=O) groups excluding carboxylic acids is 1. The molecule has 1 aliphatic heterocycles. The van der Waals surface area contributed by atoms with E-state index in [1.54, 1.807) is 18.3 Å². The van der Waals surface area contributed by atoms with Gasteiger partial charge in [0.2, 0.25) is 5.88 Å². The molecule has 36 heavy (non-hydrogen) atoms. The molecule has 0 fully saturated rings. The summed E-state index contributed by atoms with van der Waals surface area (Å²) in [7, 11) is 0. The summed E-state index contributed by atoms with van der Waals surface area (Å²) in [5.41, 5.74) is 2.99. The first-order valence-corrected chi connectivity index (χ1v) is 11.7. The van der Waals surface area contributed by atoms with Gasteiger partial charge in [-0.1, -0.05) is 25.5 Å². The van der Waals surface area contributed by atoms with E-state index >= 15 is 0 Å². The molecule has 0 radical (unpaired) electrons. The summed E-state index contributed by atoms with van der Waals surface area (Å²) < 4.78 is 46.9. The number of unbranched alkanes of at least 4 members (excludes halogenated alkanes) is 1. The number of pyridine rings is 1. The smallest absolute Gasteiger partial charge is 0.437 e. The molecule has 0 saturated carbocycles. The Balaban J connectivity index is 1.42. The van der Waals surface area contributed by atoms with Crippen molar-refractivity contribution in [1.82, 2.24) is 9.88 Å². The number of anilines is 2. The van der Waals surface area contributed by atoms with Gasteiger partial charge in [-0.15, -0.1) is 13.2 Å². The van der Waals surface area contributed by atoms with Crippen LogP contribution < -0.4 is 20.1 Å². The van der Waals surface area contributed by atoms with Crippen molar-refractivity contribution >= 4 is 17.4 Å². The Morgan fingerprint density at radius 1 is 1.08 bits per heavy atom. The molecule has 0 spiro atoms. The van der Waals surface area contributed by atoms with Crippen molar-refractivity contribution in [3.8, 4) is 17.4 Å². The molecule has 1 aromatic heterocycles. The minimum Gasteiger partial charge on any atom is -0.437 e. The van der Waals surface area contributed by atoms with Gasteiger partial charge in [0.1, 0.15) is 17.2 Å². The lowest BCUT2D eigenvalue weighted by Crippen LogP contribution is -2.31. The second-order valence-corrected chi connectivity index (χ2v) is 8.38. The average molecular weight is 501 g/mol. The van der Waals surface area contributed by atoms with Crippen LogP contribution in [-0.4, -0.2) is 35.4 Å². The summed E-state index contributed by atoms with van der Waals surface area (Å²) in [4.78, 5) is 19.3. The third kappa shape index (κ3) is 6.88. The number of ether oxygens (including phenoxy) is 2. The zero-order valence-electron chi connectivity index (χ0n) is 19.8. The molecular formula is C26H27F3N4O3. The summed E-state index contributed by atoms with van der Waals surface area (Å²) in [6.45, 7) is 5.08. The summed E-state index contributed by atoms with van der Waals surface area (Å²) in [5.74, 6) is 0.560. The molecule has 2 N–H and O–H groups in total. The maximum atomic E-state index is 12.5. The van der Waals surface area contributed by atoms with Crippen LogP contribution in [0.5, 0.6) is 17.4 Å².